The molecule has 1 N–H and O–H groups in total. The number of rotatable bonds is 7. The third kappa shape index (κ3) is 5.27. The molecule has 0 aliphatic heterocycles. The minimum atomic E-state index is -0.789. The van der Waals surface area contributed by atoms with E-state index in [9.17, 15) is 9.59 Å². The molecule has 0 aliphatic carbocycles. The fraction of sp³-hybridized carbons (Fsp3) is 0.263. The van der Waals surface area contributed by atoms with E-state index in [0.717, 1.165) is 14.7 Å². The predicted octanol–water partition coefficient (Wildman–Crippen LogP) is 2.88. The molecule has 1 amide bonds. The van der Waals surface area contributed by atoms with Gasteiger partial charge in [0.15, 0.2) is 6.10 Å². The number of carbonyl (C=O) groups is 2. The van der Waals surface area contributed by atoms with Crippen LogP contribution >= 0.6 is 22.6 Å². The van der Waals surface area contributed by atoms with Crippen LogP contribution in [0.4, 0.5) is 0 Å². The minimum Gasteiger partial charge on any atom is -0.467 e. The number of amides is 1. The first-order valence-electron chi connectivity index (χ1n) is 7.76. The maximum Gasteiger partial charge on any atom is 0.328 e. The van der Waals surface area contributed by atoms with Crippen LogP contribution in [0.25, 0.3) is 0 Å². The molecule has 25 heavy (non-hydrogen) atoms. The van der Waals surface area contributed by atoms with Crippen molar-refractivity contribution in [2.24, 2.45) is 0 Å². The third-order valence-electron chi connectivity index (χ3n) is 3.76. The number of carbonyl (C=O) groups excluding carboxylic acids is 2. The molecule has 0 heterocycles. The zero-order valence-corrected chi connectivity index (χ0v) is 16.2. The van der Waals surface area contributed by atoms with Crippen LogP contribution in [0.2, 0.25) is 0 Å². The van der Waals surface area contributed by atoms with Gasteiger partial charge in [0, 0.05) is 17.1 Å². The Kier molecular flexibility index (Phi) is 7.39. The summed E-state index contributed by atoms with van der Waals surface area (Å²) < 4.78 is 11.2. The van der Waals surface area contributed by atoms with E-state index in [4.69, 9.17) is 9.47 Å². The Morgan fingerprint density at radius 2 is 1.68 bits per heavy atom. The lowest BCUT2D eigenvalue weighted by molar-refractivity contribution is -0.146. The largest absolute Gasteiger partial charge is 0.467 e. The Morgan fingerprint density at radius 1 is 1.04 bits per heavy atom. The van der Waals surface area contributed by atoms with Crippen LogP contribution in [-0.2, 0) is 25.5 Å². The highest BCUT2D eigenvalue weighted by Crippen LogP contribution is 2.18. The van der Waals surface area contributed by atoms with Crippen LogP contribution in [0.1, 0.15) is 17.2 Å². The van der Waals surface area contributed by atoms with Crippen LogP contribution in [0.3, 0.4) is 0 Å². The minimum absolute atomic E-state index is 0.350. The van der Waals surface area contributed by atoms with Gasteiger partial charge in [-0.05, 0) is 39.8 Å². The van der Waals surface area contributed by atoms with Gasteiger partial charge in [-0.15, -0.1) is 0 Å². The number of halogens is 1. The quantitative estimate of drug-likeness (QED) is 0.518. The van der Waals surface area contributed by atoms with Crippen molar-refractivity contribution in [1.29, 1.82) is 0 Å². The molecular weight excluding hydrogens is 433 g/mol. The molecule has 132 valence electrons. The van der Waals surface area contributed by atoms with Gasteiger partial charge < -0.3 is 14.8 Å². The van der Waals surface area contributed by atoms with E-state index in [1.54, 1.807) is 12.1 Å². The molecule has 2 aromatic carbocycles. The number of hydrogen-bond donors (Lipinski definition) is 1. The normalized spacial score (nSPS) is 12.9. The van der Waals surface area contributed by atoms with Crippen molar-refractivity contribution in [1.82, 2.24) is 5.32 Å². The van der Waals surface area contributed by atoms with Crippen molar-refractivity contribution in [3.63, 3.8) is 0 Å². The van der Waals surface area contributed by atoms with Crippen molar-refractivity contribution in [2.75, 3.05) is 14.2 Å². The van der Waals surface area contributed by atoms with Gasteiger partial charge in [-0.1, -0.05) is 48.5 Å². The number of ether oxygens (including phenoxy) is 2. The van der Waals surface area contributed by atoms with Crippen LogP contribution in [0, 0.1) is 3.57 Å². The third-order valence-corrected chi connectivity index (χ3v) is 4.81. The van der Waals surface area contributed by atoms with Crippen LogP contribution in [0.5, 0.6) is 0 Å². The maximum atomic E-state index is 12.6. The summed E-state index contributed by atoms with van der Waals surface area (Å²) in [7, 11) is 2.77. The average Bonchev–Trinajstić information content (AvgIpc) is 2.63. The first-order valence-corrected chi connectivity index (χ1v) is 8.84. The smallest absolute Gasteiger partial charge is 0.328 e. The summed E-state index contributed by atoms with van der Waals surface area (Å²) in [5, 5.41) is 2.75. The molecule has 5 nitrogen and oxygen atoms in total. The average molecular weight is 453 g/mol. The molecule has 2 rings (SSSR count). The van der Waals surface area contributed by atoms with Crippen LogP contribution < -0.4 is 5.32 Å². The monoisotopic (exact) mass is 453 g/mol. The lowest BCUT2D eigenvalue weighted by Crippen LogP contribution is -2.45. The second kappa shape index (κ2) is 9.53. The Balaban J connectivity index is 2.17. The SMILES string of the molecule is COC(=O)[C@@H](Cc1ccccc1I)NC(=O)[C@H](OC)c1ccccc1. The number of benzene rings is 2. The van der Waals surface area contributed by atoms with Gasteiger partial charge in [-0.3, -0.25) is 4.79 Å². The molecule has 0 saturated heterocycles. The summed E-state index contributed by atoms with van der Waals surface area (Å²) >= 11 is 2.20. The second-order valence-electron chi connectivity index (χ2n) is 5.41. The lowest BCUT2D eigenvalue weighted by Gasteiger charge is -2.21. The molecule has 2 aromatic rings. The van der Waals surface area contributed by atoms with Gasteiger partial charge in [-0.2, -0.15) is 0 Å². The molecule has 0 fully saturated rings. The molecule has 0 spiro atoms. The van der Waals surface area contributed by atoms with E-state index in [0.29, 0.717) is 6.42 Å². The Bertz CT molecular complexity index is 720. The molecular formula is C19H20INO4. The molecule has 2 atom stereocenters. The van der Waals surface area contributed by atoms with Crippen molar-refractivity contribution in [3.8, 4) is 0 Å². The Labute approximate surface area is 160 Å². The lowest BCUT2D eigenvalue weighted by atomic mass is 10.0. The number of hydrogen-bond acceptors (Lipinski definition) is 4. The van der Waals surface area contributed by atoms with E-state index in [-0.39, 0.29) is 5.91 Å². The zero-order chi connectivity index (χ0) is 18.2. The van der Waals surface area contributed by atoms with Crippen molar-refractivity contribution < 1.29 is 19.1 Å². The second-order valence-corrected chi connectivity index (χ2v) is 6.57. The highest BCUT2D eigenvalue weighted by molar-refractivity contribution is 14.1. The number of esters is 1. The van der Waals surface area contributed by atoms with Gasteiger partial charge >= 0.3 is 5.97 Å². The van der Waals surface area contributed by atoms with E-state index in [2.05, 4.69) is 27.9 Å². The van der Waals surface area contributed by atoms with Gasteiger partial charge in [0.25, 0.3) is 5.91 Å². The fourth-order valence-corrected chi connectivity index (χ4v) is 3.10. The maximum absolute atomic E-state index is 12.6. The van der Waals surface area contributed by atoms with Crippen molar-refractivity contribution in [2.45, 2.75) is 18.6 Å². The van der Waals surface area contributed by atoms with Crippen LogP contribution in [-0.4, -0.2) is 32.1 Å². The molecule has 0 aromatic heterocycles. The van der Waals surface area contributed by atoms with Crippen molar-refractivity contribution in [3.05, 3.63) is 69.3 Å². The van der Waals surface area contributed by atoms with E-state index in [1.807, 2.05) is 42.5 Å². The standard InChI is InChI=1S/C19H20INO4/c1-24-17(13-8-4-3-5-9-13)18(22)21-16(19(23)25-2)12-14-10-6-7-11-15(14)20/h3-11,16-17H,12H2,1-2H3,(H,21,22)/t16-,17-/m1/s1. The fourth-order valence-electron chi connectivity index (χ4n) is 2.49. The summed E-state index contributed by atoms with van der Waals surface area (Å²) in [5.74, 6) is -0.869. The molecule has 0 radical (unpaired) electrons. The molecule has 0 unspecified atom stereocenters. The molecule has 0 saturated carbocycles. The summed E-state index contributed by atoms with van der Waals surface area (Å²) in [6.45, 7) is 0. The van der Waals surface area contributed by atoms with Crippen LogP contribution in [0.15, 0.2) is 54.6 Å². The summed E-state index contributed by atoms with van der Waals surface area (Å²) in [5.41, 5.74) is 1.69. The zero-order valence-electron chi connectivity index (χ0n) is 14.1. The Hall–Kier alpha value is -1.93. The summed E-state index contributed by atoms with van der Waals surface area (Å²) in [6, 6.07) is 16.1. The first kappa shape index (κ1) is 19.4. The summed E-state index contributed by atoms with van der Waals surface area (Å²) in [4.78, 5) is 24.8. The highest BCUT2D eigenvalue weighted by atomic mass is 127. The topological polar surface area (TPSA) is 64.6 Å². The van der Waals surface area contributed by atoms with Gasteiger partial charge in [0.05, 0.1) is 7.11 Å². The van der Waals surface area contributed by atoms with Crippen molar-refractivity contribution >= 4 is 34.5 Å². The first-order chi connectivity index (χ1) is 12.1. The summed E-state index contributed by atoms with van der Waals surface area (Å²) in [6.07, 6.45) is -0.439. The van der Waals surface area contributed by atoms with Gasteiger partial charge in [-0.25, -0.2) is 4.79 Å². The van der Waals surface area contributed by atoms with Gasteiger partial charge in [0.2, 0.25) is 0 Å². The van der Waals surface area contributed by atoms with E-state index < -0.39 is 18.1 Å². The number of methoxy groups -OCH3 is 2. The number of nitrogens with one attached hydrogen (secondary N) is 1. The molecule has 0 aliphatic rings. The van der Waals surface area contributed by atoms with E-state index >= 15 is 0 Å². The highest BCUT2D eigenvalue weighted by Gasteiger charge is 2.27. The predicted molar refractivity (Wildman–Crippen MR) is 103 cm³/mol. The van der Waals surface area contributed by atoms with E-state index in [1.165, 1.54) is 14.2 Å². The van der Waals surface area contributed by atoms with Gasteiger partial charge in [0.1, 0.15) is 6.04 Å². The Morgan fingerprint density at radius 3 is 2.28 bits per heavy atom. The molecule has 0 bridgehead atoms. The molecule has 6 heteroatoms.